The second kappa shape index (κ2) is 7.46. The van der Waals surface area contributed by atoms with Gasteiger partial charge in [-0.25, -0.2) is 0 Å². The van der Waals surface area contributed by atoms with Crippen LogP contribution in [0.5, 0.6) is 0 Å². The van der Waals surface area contributed by atoms with Gasteiger partial charge in [-0.3, -0.25) is 9.59 Å². The van der Waals surface area contributed by atoms with Crippen LogP contribution in [0.15, 0.2) is 29.1 Å². The van der Waals surface area contributed by atoms with Crippen LogP contribution in [0, 0.1) is 0 Å². The molecule has 1 aliphatic rings. The molecule has 1 aliphatic heterocycles. The monoisotopic (exact) mass is 398 g/mol. The van der Waals surface area contributed by atoms with E-state index in [9.17, 15) is 27.9 Å². The minimum atomic E-state index is -4.67. The van der Waals surface area contributed by atoms with Crippen LogP contribution in [0.4, 0.5) is 18.9 Å². The Morgan fingerprint density at radius 3 is 2.71 bits per heavy atom. The summed E-state index contributed by atoms with van der Waals surface area (Å²) in [6.07, 6.45) is -4.30. The number of aromatic nitrogens is 1. The number of carbonyl (C=O) groups excluding carboxylic acids is 1. The van der Waals surface area contributed by atoms with Gasteiger partial charge in [0.25, 0.3) is 0 Å². The van der Waals surface area contributed by atoms with Crippen LogP contribution in [0.1, 0.15) is 32.3 Å². The number of aromatic amines is 1. The van der Waals surface area contributed by atoms with Crippen molar-refractivity contribution in [3.8, 4) is 0 Å². The molecule has 2 N–H and O–H groups in total. The standard InChI is InChI=1S/C19H21F3N2O4/c1-10-3-6-16(17(26)9-28-11(2)25)24(10)12-4-5-15-13(7-12)14(19(20,21)22)8-18(27)23-15/h4-5,7-8,10,16-17,26H,3,6,9H2,1-2H3,(H,23,27). The fourth-order valence-corrected chi connectivity index (χ4v) is 3.79. The van der Waals surface area contributed by atoms with Crippen molar-refractivity contribution in [2.75, 3.05) is 11.5 Å². The van der Waals surface area contributed by atoms with Gasteiger partial charge >= 0.3 is 12.1 Å². The van der Waals surface area contributed by atoms with Gasteiger partial charge in [0.05, 0.1) is 11.6 Å². The average Bonchev–Trinajstić information content (AvgIpc) is 2.99. The van der Waals surface area contributed by atoms with Crippen molar-refractivity contribution in [1.82, 2.24) is 4.98 Å². The smallest absolute Gasteiger partial charge is 0.417 e. The highest BCUT2D eigenvalue weighted by molar-refractivity contribution is 5.86. The van der Waals surface area contributed by atoms with Gasteiger partial charge in [-0.1, -0.05) is 0 Å². The van der Waals surface area contributed by atoms with Crippen molar-refractivity contribution < 1.29 is 27.8 Å². The average molecular weight is 398 g/mol. The maximum atomic E-state index is 13.4. The first-order valence-corrected chi connectivity index (χ1v) is 8.92. The minimum Gasteiger partial charge on any atom is -0.463 e. The predicted octanol–water partition coefficient (Wildman–Crippen LogP) is 2.83. The van der Waals surface area contributed by atoms with Crippen molar-refractivity contribution in [2.45, 2.75) is 51.1 Å². The Kier molecular flexibility index (Phi) is 5.38. The van der Waals surface area contributed by atoms with E-state index in [0.717, 1.165) is 6.42 Å². The zero-order valence-corrected chi connectivity index (χ0v) is 15.4. The lowest BCUT2D eigenvalue weighted by Crippen LogP contribution is -2.44. The lowest BCUT2D eigenvalue weighted by atomic mass is 10.1. The molecule has 0 amide bonds. The molecule has 1 aromatic heterocycles. The van der Waals surface area contributed by atoms with Gasteiger partial charge in [-0.15, -0.1) is 0 Å². The molecule has 152 valence electrons. The number of hydrogen-bond acceptors (Lipinski definition) is 5. The second-order valence-corrected chi connectivity index (χ2v) is 7.05. The summed E-state index contributed by atoms with van der Waals surface area (Å²) in [6, 6.07) is 4.55. The number of pyridine rings is 1. The number of ether oxygens (including phenoxy) is 1. The van der Waals surface area contributed by atoms with E-state index in [1.54, 1.807) is 6.07 Å². The van der Waals surface area contributed by atoms with Gasteiger partial charge in [0, 0.05) is 35.6 Å². The van der Waals surface area contributed by atoms with E-state index < -0.39 is 35.4 Å². The van der Waals surface area contributed by atoms with Gasteiger partial charge < -0.3 is 19.7 Å². The zero-order chi connectivity index (χ0) is 20.6. The van der Waals surface area contributed by atoms with Crippen LogP contribution >= 0.6 is 0 Å². The Morgan fingerprint density at radius 2 is 2.07 bits per heavy atom. The number of esters is 1. The molecule has 0 spiro atoms. The van der Waals surface area contributed by atoms with E-state index in [1.165, 1.54) is 19.1 Å². The summed E-state index contributed by atoms with van der Waals surface area (Å²) < 4.78 is 45.1. The van der Waals surface area contributed by atoms with Crippen LogP contribution < -0.4 is 10.5 Å². The third-order valence-electron chi connectivity index (χ3n) is 5.04. The van der Waals surface area contributed by atoms with Gasteiger partial charge in [0.2, 0.25) is 5.56 Å². The highest BCUT2D eigenvalue weighted by Gasteiger charge is 2.37. The molecule has 1 saturated heterocycles. The third-order valence-corrected chi connectivity index (χ3v) is 5.04. The number of rotatable bonds is 4. The van der Waals surface area contributed by atoms with E-state index >= 15 is 0 Å². The summed E-state index contributed by atoms with van der Waals surface area (Å²) in [7, 11) is 0. The third kappa shape index (κ3) is 3.99. The molecule has 9 heteroatoms. The molecular formula is C19H21F3N2O4. The van der Waals surface area contributed by atoms with Crippen molar-refractivity contribution in [1.29, 1.82) is 0 Å². The number of halogens is 3. The Morgan fingerprint density at radius 1 is 1.36 bits per heavy atom. The van der Waals surface area contributed by atoms with Crippen molar-refractivity contribution in [3.05, 3.63) is 40.2 Å². The van der Waals surface area contributed by atoms with E-state index in [4.69, 9.17) is 4.74 Å². The maximum absolute atomic E-state index is 13.4. The van der Waals surface area contributed by atoms with E-state index in [1.807, 2.05) is 11.8 Å². The van der Waals surface area contributed by atoms with Gasteiger partial charge in [0.15, 0.2) is 0 Å². The molecule has 0 radical (unpaired) electrons. The predicted molar refractivity (Wildman–Crippen MR) is 97.2 cm³/mol. The molecule has 0 bridgehead atoms. The quantitative estimate of drug-likeness (QED) is 0.774. The summed E-state index contributed by atoms with van der Waals surface area (Å²) >= 11 is 0. The lowest BCUT2D eigenvalue weighted by Gasteiger charge is -2.33. The van der Waals surface area contributed by atoms with Crippen molar-refractivity contribution >= 4 is 22.6 Å². The summed E-state index contributed by atoms with van der Waals surface area (Å²) in [5.74, 6) is -0.513. The fourth-order valence-electron chi connectivity index (χ4n) is 3.79. The number of aliphatic hydroxyl groups excluding tert-OH is 1. The Labute approximate surface area is 158 Å². The first-order chi connectivity index (χ1) is 13.1. The number of nitrogens with zero attached hydrogens (tertiary/aromatic N) is 1. The molecule has 1 fully saturated rings. The zero-order valence-electron chi connectivity index (χ0n) is 15.4. The molecule has 3 atom stereocenters. The molecule has 3 unspecified atom stereocenters. The van der Waals surface area contributed by atoms with E-state index in [2.05, 4.69) is 4.98 Å². The molecule has 6 nitrogen and oxygen atoms in total. The van der Waals surface area contributed by atoms with Crippen LogP contribution in [-0.4, -0.2) is 40.9 Å². The molecule has 1 aromatic carbocycles. The summed E-state index contributed by atoms with van der Waals surface area (Å²) in [5, 5.41) is 10.3. The van der Waals surface area contributed by atoms with Crippen LogP contribution in [0.3, 0.4) is 0 Å². The Bertz CT molecular complexity index is 941. The SMILES string of the molecule is CC(=O)OCC(O)C1CCC(C)N1c1ccc2[nH]c(=O)cc(C(F)(F)F)c2c1. The molecule has 28 heavy (non-hydrogen) atoms. The topological polar surface area (TPSA) is 82.6 Å². The fraction of sp³-hybridized carbons (Fsp3) is 0.474. The van der Waals surface area contributed by atoms with Gasteiger partial charge in [-0.2, -0.15) is 13.2 Å². The van der Waals surface area contributed by atoms with Gasteiger partial charge in [-0.05, 0) is 38.0 Å². The molecule has 0 aliphatic carbocycles. The molecular weight excluding hydrogens is 377 g/mol. The highest BCUT2D eigenvalue weighted by Crippen LogP contribution is 2.37. The largest absolute Gasteiger partial charge is 0.463 e. The van der Waals surface area contributed by atoms with Crippen molar-refractivity contribution in [3.63, 3.8) is 0 Å². The van der Waals surface area contributed by atoms with E-state index in [0.29, 0.717) is 18.2 Å². The number of fused-ring (bicyclic) bond motifs is 1. The highest BCUT2D eigenvalue weighted by atomic mass is 19.4. The van der Waals surface area contributed by atoms with Crippen LogP contribution in [-0.2, 0) is 15.7 Å². The Balaban J connectivity index is 2.02. The number of aliphatic hydroxyl groups is 1. The van der Waals surface area contributed by atoms with Crippen molar-refractivity contribution in [2.24, 2.45) is 0 Å². The first-order valence-electron chi connectivity index (χ1n) is 8.92. The molecule has 2 aromatic rings. The second-order valence-electron chi connectivity index (χ2n) is 7.05. The van der Waals surface area contributed by atoms with Gasteiger partial charge in [0.1, 0.15) is 12.7 Å². The normalized spacial score (nSPS) is 21.1. The minimum absolute atomic E-state index is 0.0217. The summed E-state index contributed by atoms with van der Waals surface area (Å²) in [6.45, 7) is 2.97. The van der Waals surface area contributed by atoms with Crippen LogP contribution in [0.25, 0.3) is 10.9 Å². The number of carbonyl (C=O) groups is 1. The lowest BCUT2D eigenvalue weighted by molar-refractivity contribution is -0.144. The number of anilines is 1. The Hall–Kier alpha value is -2.55. The number of hydrogen-bond donors (Lipinski definition) is 2. The number of alkyl halides is 3. The number of nitrogens with one attached hydrogen (secondary N) is 1. The maximum Gasteiger partial charge on any atom is 0.417 e. The summed E-state index contributed by atoms with van der Waals surface area (Å²) in [5.41, 5.74) is -1.23. The molecule has 0 saturated carbocycles. The number of benzene rings is 1. The summed E-state index contributed by atoms with van der Waals surface area (Å²) in [4.78, 5) is 26.8. The van der Waals surface area contributed by atoms with Crippen LogP contribution in [0.2, 0.25) is 0 Å². The molecule has 2 heterocycles. The molecule has 3 rings (SSSR count). The first kappa shape index (κ1) is 20.2. The number of H-pyrrole nitrogens is 1. The van der Waals surface area contributed by atoms with E-state index in [-0.39, 0.29) is 23.6 Å².